The number of H-pyrrole nitrogens is 2. The van der Waals surface area contributed by atoms with E-state index >= 15 is 0 Å². The van der Waals surface area contributed by atoms with Gasteiger partial charge in [0.1, 0.15) is 11.3 Å². The van der Waals surface area contributed by atoms with Crippen molar-refractivity contribution in [3.8, 4) is 0 Å². The Balaban J connectivity index is 0.000000147. The molecule has 224 valence electrons. The van der Waals surface area contributed by atoms with Crippen LogP contribution in [0.4, 0.5) is 0 Å². The number of aromatic amines is 2. The highest BCUT2D eigenvalue weighted by atomic mass is 16.1. The van der Waals surface area contributed by atoms with E-state index in [-0.39, 0.29) is 22.7 Å². The molecule has 0 fully saturated rings. The highest BCUT2D eigenvalue weighted by Crippen LogP contribution is 2.22. The summed E-state index contributed by atoms with van der Waals surface area (Å²) < 4.78 is 3.13. The molecule has 8 heteroatoms. The lowest BCUT2D eigenvalue weighted by Gasteiger charge is -2.03. The molecule has 0 aliphatic heterocycles. The van der Waals surface area contributed by atoms with Gasteiger partial charge in [0, 0.05) is 23.3 Å². The molecule has 0 unspecified atom stereocenters. The lowest BCUT2D eigenvalue weighted by molar-refractivity contribution is 0.103. The zero-order chi connectivity index (χ0) is 31.9. The molecule has 0 aliphatic carbocycles. The first-order valence-electron chi connectivity index (χ1n) is 14.8. The number of pyridine rings is 2. The van der Waals surface area contributed by atoms with Gasteiger partial charge < -0.3 is 9.97 Å². The van der Waals surface area contributed by atoms with Crippen LogP contribution in [0.5, 0.6) is 0 Å². The van der Waals surface area contributed by atoms with Crippen LogP contribution in [0.2, 0.25) is 0 Å². The van der Waals surface area contributed by atoms with E-state index in [4.69, 9.17) is 0 Å². The maximum Gasteiger partial charge on any atom is 0.256 e. The topological polar surface area (TPSA) is 109 Å². The van der Waals surface area contributed by atoms with Gasteiger partial charge in [0.05, 0.1) is 33.2 Å². The summed E-state index contributed by atoms with van der Waals surface area (Å²) in [4.78, 5) is 56.6. The van der Waals surface area contributed by atoms with Gasteiger partial charge >= 0.3 is 0 Å². The van der Waals surface area contributed by atoms with E-state index in [0.717, 1.165) is 33.2 Å². The van der Waals surface area contributed by atoms with Gasteiger partial charge in [-0.1, -0.05) is 72.8 Å². The van der Waals surface area contributed by atoms with Gasteiger partial charge in [0.25, 0.3) is 11.1 Å². The second kappa shape index (κ2) is 11.3. The number of aryl methyl sites for hydroxylation is 2. The van der Waals surface area contributed by atoms with E-state index in [1.807, 2.05) is 86.6 Å². The number of nitrogens with one attached hydrogen (secondary N) is 2. The Morgan fingerprint density at radius 2 is 0.978 bits per heavy atom. The van der Waals surface area contributed by atoms with Crippen molar-refractivity contribution >= 4 is 44.9 Å². The predicted octanol–water partition coefficient (Wildman–Crippen LogP) is 6.64. The van der Waals surface area contributed by atoms with Gasteiger partial charge in [-0.3, -0.25) is 28.0 Å². The number of imidazole rings is 2. The smallest absolute Gasteiger partial charge is 0.256 e. The Hall–Kier alpha value is -6.28. The molecule has 46 heavy (non-hydrogen) atoms. The molecule has 8 nitrogen and oxygen atoms in total. The van der Waals surface area contributed by atoms with Gasteiger partial charge in [0.2, 0.25) is 0 Å². The number of carbonyl (C=O) groups excluding carboxylic acids is 2. The third-order valence-electron chi connectivity index (χ3n) is 8.04. The van der Waals surface area contributed by atoms with Crippen LogP contribution >= 0.6 is 0 Å². The Morgan fingerprint density at radius 3 is 1.54 bits per heavy atom. The van der Waals surface area contributed by atoms with E-state index in [1.165, 1.54) is 12.1 Å². The van der Waals surface area contributed by atoms with Crippen LogP contribution in [0.15, 0.2) is 131 Å². The van der Waals surface area contributed by atoms with Crippen molar-refractivity contribution in [2.75, 3.05) is 0 Å². The molecule has 4 heterocycles. The molecule has 0 saturated heterocycles. The number of ketones is 2. The fourth-order valence-electron chi connectivity index (χ4n) is 5.79. The van der Waals surface area contributed by atoms with Crippen LogP contribution in [0.3, 0.4) is 0 Å². The Kier molecular flexibility index (Phi) is 7.02. The van der Waals surface area contributed by atoms with Crippen molar-refractivity contribution in [2.45, 2.75) is 13.8 Å². The molecule has 4 aromatic carbocycles. The zero-order valence-electron chi connectivity index (χ0n) is 25.1. The summed E-state index contributed by atoms with van der Waals surface area (Å²) in [6.45, 7) is 3.96. The van der Waals surface area contributed by atoms with Crippen LogP contribution in [-0.4, -0.2) is 30.3 Å². The number of aromatic nitrogens is 4. The van der Waals surface area contributed by atoms with Gasteiger partial charge in [-0.25, -0.2) is 0 Å². The first-order valence-corrected chi connectivity index (χ1v) is 14.8. The summed E-state index contributed by atoms with van der Waals surface area (Å²) in [7, 11) is 0. The maximum atomic E-state index is 12.8. The Labute approximate surface area is 262 Å². The van der Waals surface area contributed by atoms with E-state index in [1.54, 1.807) is 45.2 Å². The molecular formula is C38H28N4O4. The highest BCUT2D eigenvalue weighted by Gasteiger charge is 2.18. The molecule has 2 N–H and O–H groups in total. The maximum absolute atomic E-state index is 12.8. The molecule has 0 atom stereocenters. The van der Waals surface area contributed by atoms with E-state index < -0.39 is 0 Å². The quantitative estimate of drug-likeness (QED) is 0.220. The molecule has 0 aliphatic rings. The van der Waals surface area contributed by atoms with Crippen LogP contribution < -0.4 is 11.1 Å². The molecule has 8 rings (SSSR count). The van der Waals surface area contributed by atoms with Crippen molar-refractivity contribution in [3.63, 3.8) is 0 Å². The Bertz CT molecular complexity index is 2510. The van der Waals surface area contributed by atoms with E-state index in [2.05, 4.69) is 9.97 Å². The number of carbonyl (C=O) groups is 2. The number of rotatable bonds is 4. The SMILES string of the molecule is Cc1ccc2[nH]c3c(C(=O)c4ccccc4)ccc(=O)n3c2c1.Cc1ccc2c(c1)[nH]c1c(C(=O)c3ccccc3)ccc(=O)n12. The molecule has 0 bridgehead atoms. The number of nitrogens with zero attached hydrogens (tertiary/aromatic N) is 2. The Morgan fingerprint density at radius 1 is 0.500 bits per heavy atom. The van der Waals surface area contributed by atoms with Gasteiger partial charge in [0.15, 0.2) is 11.6 Å². The molecule has 0 saturated carbocycles. The van der Waals surface area contributed by atoms with Gasteiger partial charge in [-0.15, -0.1) is 0 Å². The number of benzene rings is 4. The molecule has 0 radical (unpaired) electrons. The summed E-state index contributed by atoms with van der Waals surface area (Å²) in [6, 6.07) is 35.9. The minimum Gasteiger partial charge on any atom is -0.339 e. The molecule has 8 aromatic rings. The summed E-state index contributed by atoms with van der Waals surface area (Å²) in [5.41, 5.74) is 8.33. The average molecular weight is 605 g/mol. The van der Waals surface area contributed by atoms with Crippen LogP contribution in [-0.2, 0) is 0 Å². The standard InChI is InChI=1S/2C19H14N2O2/c1-12-7-9-16-15(11-12)20-19-14(8-10-17(22)21(16)19)18(23)13-5-3-2-4-6-13;1-12-7-9-15-16(11-12)21-17(22)10-8-14(19(21)20-15)18(23)13-5-3-2-4-6-13/h2*2-11,20H,1H3. The van der Waals surface area contributed by atoms with Gasteiger partial charge in [-0.05, 0) is 61.4 Å². The fourth-order valence-corrected chi connectivity index (χ4v) is 5.79. The van der Waals surface area contributed by atoms with Crippen molar-refractivity contribution in [1.82, 2.24) is 18.8 Å². The molecule has 0 amide bonds. The zero-order valence-corrected chi connectivity index (χ0v) is 25.1. The summed E-state index contributed by atoms with van der Waals surface area (Å²) in [6.07, 6.45) is 0. The monoisotopic (exact) mass is 604 g/mol. The minimum absolute atomic E-state index is 0.105. The molecule has 4 aromatic heterocycles. The van der Waals surface area contributed by atoms with Crippen LogP contribution in [0.25, 0.3) is 33.4 Å². The van der Waals surface area contributed by atoms with E-state index in [0.29, 0.717) is 33.5 Å². The predicted molar refractivity (Wildman–Crippen MR) is 180 cm³/mol. The average Bonchev–Trinajstić information content (AvgIpc) is 3.65. The van der Waals surface area contributed by atoms with Crippen molar-refractivity contribution in [3.05, 3.63) is 175 Å². The fraction of sp³-hybridized carbons (Fsp3) is 0.0526. The summed E-state index contributed by atoms with van der Waals surface area (Å²) in [5, 5.41) is 0. The van der Waals surface area contributed by atoms with E-state index in [9.17, 15) is 19.2 Å². The summed E-state index contributed by atoms with van der Waals surface area (Å²) in [5.74, 6) is -0.210. The van der Waals surface area contributed by atoms with Crippen molar-refractivity contribution < 1.29 is 9.59 Å². The normalized spacial score (nSPS) is 11.2. The summed E-state index contributed by atoms with van der Waals surface area (Å²) >= 11 is 0. The second-order valence-electron chi connectivity index (χ2n) is 11.2. The second-order valence-corrected chi connectivity index (χ2v) is 11.2. The van der Waals surface area contributed by atoms with Crippen LogP contribution in [0, 0.1) is 13.8 Å². The lowest BCUT2D eigenvalue weighted by atomic mass is 10.0. The first-order chi connectivity index (χ1) is 22.3. The van der Waals surface area contributed by atoms with Gasteiger partial charge in [-0.2, -0.15) is 0 Å². The lowest BCUT2D eigenvalue weighted by Crippen LogP contribution is -2.14. The van der Waals surface area contributed by atoms with Crippen molar-refractivity contribution in [2.24, 2.45) is 0 Å². The van der Waals surface area contributed by atoms with Crippen LogP contribution in [0.1, 0.15) is 43.0 Å². The number of hydrogen-bond donors (Lipinski definition) is 2. The third-order valence-corrected chi connectivity index (χ3v) is 8.04. The molecular weight excluding hydrogens is 576 g/mol. The number of fused-ring (bicyclic) bond motifs is 6. The first kappa shape index (κ1) is 28.5. The number of hydrogen-bond acceptors (Lipinski definition) is 4. The highest BCUT2D eigenvalue weighted by molar-refractivity contribution is 6.14. The third kappa shape index (κ3) is 4.92. The largest absolute Gasteiger partial charge is 0.339 e. The van der Waals surface area contributed by atoms with Crippen molar-refractivity contribution in [1.29, 1.82) is 0 Å². The minimum atomic E-state index is -0.153. The molecule has 0 spiro atoms.